The van der Waals surface area contributed by atoms with Gasteiger partial charge >= 0.3 is 5.97 Å². The lowest BCUT2D eigenvalue weighted by molar-refractivity contribution is -0.139. The van der Waals surface area contributed by atoms with E-state index in [1.54, 1.807) is 0 Å². The van der Waals surface area contributed by atoms with Gasteiger partial charge < -0.3 is 19.1 Å². The first-order valence-electron chi connectivity index (χ1n) is 14.8. The molecule has 220 valence electrons. The van der Waals surface area contributed by atoms with E-state index in [0.29, 0.717) is 24.2 Å². The molecule has 0 aliphatic heterocycles. The quantitative estimate of drug-likeness (QED) is 0.247. The highest BCUT2D eigenvalue weighted by atomic mass is 28.4. The van der Waals surface area contributed by atoms with Gasteiger partial charge in [-0.1, -0.05) is 73.6 Å². The smallest absolute Gasteiger partial charge is 0.305 e. The van der Waals surface area contributed by atoms with Crippen molar-refractivity contribution in [1.82, 2.24) is 0 Å². The molecule has 2 aliphatic carbocycles. The van der Waals surface area contributed by atoms with Crippen LogP contribution in [0.1, 0.15) is 87.5 Å². The Morgan fingerprint density at radius 1 is 1.00 bits per heavy atom. The van der Waals surface area contributed by atoms with E-state index in [1.165, 1.54) is 5.57 Å². The Labute approximate surface area is 235 Å². The average molecular weight is 567 g/mol. The first-order valence-corrected chi connectivity index (χ1v) is 20.6. The molecule has 0 aromatic rings. The predicted octanol–water partition coefficient (Wildman–Crippen LogP) is 8.18. The second-order valence-electron chi connectivity index (χ2n) is 15.3. The van der Waals surface area contributed by atoms with Crippen molar-refractivity contribution in [3.63, 3.8) is 0 Å². The lowest BCUT2D eigenvalue weighted by atomic mass is 9.65. The van der Waals surface area contributed by atoms with E-state index in [-0.39, 0.29) is 40.7 Å². The monoisotopic (exact) mass is 566 g/mol. The Morgan fingerprint density at radius 2 is 1.53 bits per heavy atom. The summed E-state index contributed by atoms with van der Waals surface area (Å²) in [6, 6.07) is 0. The molecule has 0 saturated carbocycles. The van der Waals surface area contributed by atoms with Gasteiger partial charge in [-0.05, 0) is 85.3 Å². The van der Waals surface area contributed by atoms with Crippen LogP contribution >= 0.6 is 0 Å². The molecule has 0 heterocycles. The Kier molecular flexibility index (Phi) is 10.9. The highest BCUT2D eigenvalue weighted by Crippen LogP contribution is 2.45. The Hall–Kier alpha value is -0.736. The summed E-state index contributed by atoms with van der Waals surface area (Å²) in [7, 11) is -4.26. The minimum Gasteiger partial charge on any atom is -0.481 e. The molecule has 0 saturated heterocycles. The Bertz CT molecular complexity index is 864. The number of rotatable bonds is 11. The topological polar surface area (TPSA) is 76.0 Å². The van der Waals surface area contributed by atoms with Gasteiger partial charge in [-0.15, -0.1) is 0 Å². The van der Waals surface area contributed by atoms with Gasteiger partial charge in [0.15, 0.2) is 16.6 Å². The Morgan fingerprint density at radius 3 is 2.03 bits per heavy atom. The van der Waals surface area contributed by atoms with E-state index in [1.807, 2.05) is 0 Å². The lowest BCUT2D eigenvalue weighted by Gasteiger charge is -2.44. The number of hydrogen-bond donors (Lipinski definition) is 2. The molecule has 0 spiro atoms. The molecule has 7 heteroatoms. The van der Waals surface area contributed by atoms with Crippen molar-refractivity contribution in [3.8, 4) is 0 Å². The molecule has 0 unspecified atom stereocenters. The van der Waals surface area contributed by atoms with Crippen LogP contribution in [-0.2, 0) is 13.6 Å². The molecule has 2 aliphatic rings. The van der Waals surface area contributed by atoms with E-state index in [4.69, 9.17) is 8.85 Å². The fourth-order valence-corrected chi connectivity index (χ4v) is 8.35. The van der Waals surface area contributed by atoms with Crippen LogP contribution in [0.4, 0.5) is 0 Å². The highest BCUT2D eigenvalue weighted by molar-refractivity contribution is 6.74. The minimum atomic E-state index is -2.16. The number of hydrogen-bond acceptors (Lipinski definition) is 4. The number of fused-ring (bicyclic) bond motifs is 1. The molecule has 38 heavy (non-hydrogen) atoms. The zero-order valence-electron chi connectivity index (χ0n) is 26.4. The summed E-state index contributed by atoms with van der Waals surface area (Å²) in [6.07, 6.45) is 9.30. The maximum Gasteiger partial charge on any atom is 0.305 e. The van der Waals surface area contributed by atoms with Crippen molar-refractivity contribution in [1.29, 1.82) is 0 Å². The standard InChI is InChI=1S/C31H58O5Si2/c1-21-17-23-14-13-22(2)26(29(23)27(32)18-21)16-15-24(35-37(9,10)30(3,4)5)19-25(20-28(33)34)36-38(11,12)31(6,7)8/h13-14,17,21-22,24-27,29,32H,15-16,18-20H2,1-12H3,(H,33,34)/t21-,22-,24+,25+,26-,27-,29-/m0/s1. The second-order valence-corrected chi connectivity index (χ2v) is 24.8. The van der Waals surface area contributed by atoms with Crippen molar-refractivity contribution >= 4 is 22.6 Å². The number of aliphatic hydroxyl groups is 1. The van der Waals surface area contributed by atoms with Crippen molar-refractivity contribution < 1.29 is 23.9 Å². The van der Waals surface area contributed by atoms with Crippen LogP contribution in [0.15, 0.2) is 23.8 Å². The fraction of sp³-hybridized carbons (Fsp3) is 0.839. The SMILES string of the molecule is C[C@H]1C=C2C=C[C@H](C)[C@H](CC[C@H](C[C@H](CC(=O)O)O[Si](C)(C)C(C)(C)C)O[Si](C)(C)C(C)(C)C)[C@H]2[C@@H](O)C1. The van der Waals surface area contributed by atoms with Crippen molar-refractivity contribution in [2.75, 3.05) is 0 Å². The van der Waals surface area contributed by atoms with Gasteiger partial charge in [-0.25, -0.2) is 0 Å². The zero-order valence-corrected chi connectivity index (χ0v) is 28.4. The third-order valence-corrected chi connectivity index (χ3v) is 19.0. The zero-order chi connectivity index (χ0) is 29.3. The summed E-state index contributed by atoms with van der Waals surface area (Å²) in [5.74, 6) is 0.470. The van der Waals surface area contributed by atoms with Gasteiger partial charge in [0, 0.05) is 12.0 Å². The lowest BCUT2D eigenvalue weighted by Crippen LogP contribution is -2.48. The molecule has 7 atom stereocenters. The van der Waals surface area contributed by atoms with E-state index < -0.39 is 22.6 Å². The molecule has 2 rings (SSSR count). The molecular formula is C31H58O5Si2. The fourth-order valence-electron chi connectivity index (χ4n) is 5.58. The summed E-state index contributed by atoms with van der Waals surface area (Å²) in [5.41, 5.74) is 1.28. The van der Waals surface area contributed by atoms with Gasteiger partial charge in [-0.2, -0.15) is 0 Å². The van der Waals surface area contributed by atoms with Crippen LogP contribution in [0.3, 0.4) is 0 Å². The summed E-state index contributed by atoms with van der Waals surface area (Å²) in [4.78, 5) is 11.9. The number of carboxylic acids is 1. The normalized spacial score (nSPS) is 28.4. The van der Waals surface area contributed by atoms with Crippen molar-refractivity contribution in [2.45, 2.75) is 142 Å². The molecule has 0 fully saturated rings. The van der Waals surface area contributed by atoms with Gasteiger partial charge in [0.1, 0.15) is 0 Å². The summed E-state index contributed by atoms with van der Waals surface area (Å²) < 4.78 is 13.7. The van der Waals surface area contributed by atoms with Crippen LogP contribution in [0.5, 0.6) is 0 Å². The number of allylic oxidation sites excluding steroid dienone is 3. The molecule has 2 N–H and O–H groups in total. The number of carbonyl (C=O) groups is 1. The average Bonchev–Trinajstić information content (AvgIpc) is 2.70. The van der Waals surface area contributed by atoms with Crippen LogP contribution in [0, 0.1) is 23.7 Å². The van der Waals surface area contributed by atoms with Gasteiger partial charge in [0.25, 0.3) is 0 Å². The summed E-state index contributed by atoms with van der Waals surface area (Å²) >= 11 is 0. The van der Waals surface area contributed by atoms with Gasteiger partial charge in [0.2, 0.25) is 0 Å². The van der Waals surface area contributed by atoms with E-state index >= 15 is 0 Å². The summed E-state index contributed by atoms with van der Waals surface area (Å²) in [5, 5.41) is 20.9. The van der Waals surface area contributed by atoms with Crippen LogP contribution < -0.4 is 0 Å². The van der Waals surface area contributed by atoms with E-state index in [0.717, 1.165) is 19.3 Å². The maximum atomic E-state index is 11.9. The first-order chi connectivity index (χ1) is 17.1. The molecule has 5 nitrogen and oxygen atoms in total. The molecule has 0 radical (unpaired) electrons. The second kappa shape index (κ2) is 12.4. The van der Waals surface area contributed by atoms with E-state index in [2.05, 4.69) is 99.8 Å². The van der Waals surface area contributed by atoms with Gasteiger partial charge in [-0.3, -0.25) is 4.79 Å². The summed E-state index contributed by atoms with van der Waals surface area (Å²) in [6.45, 7) is 26.7. The number of carboxylic acid groups (broad SMARTS) is 1. The van der Waals surface area contributed by atoms with E-state index in [9.17, 15) is 15.0 Å². The Balaban J connectivity index is 2.32. The molecule has 0 aromatic carbocycles. The molecule has 0 bridgehead atoms. The highest BCUT2D eigenvalue weighted by Gasteiger charge is 2.44. The van der Waals surface area contributed by atoms with Gasteiger partial charge in [0.05, 0.1) is 18.6 Å². The van der Waals surface area contributed by atoms with Crippen molar-refractivity contribution in [3.05, 3.63) is 23.8 Å². The van der Waals surface area contributed by atoms with Crippen LogP contribution in [0.25, 0.3) is 0 Å². The predicted molar refractivity (Wildman–Crippen MR) is 163 cm³/mol. The minimum absolute atomic E-state index is 0.000392. The third-order valence-electron chi connectivity index (χ3n) is 9.90. The third kappa shape index (κ3) is 8.63. The largest absolute Gasteiger partial charge is 0.481 e. The molecule has 0 aromatic heterocycles. The first kappa shape index (κ1) is 33.5. The maximum absolute atomic E-state index is 11.9. The van der Waals surface area contributed by atoms with Crippen molar-refractivity contribution in [2.24, 2.45) is 23.7 Å². The van der Waals surface area contributed by atoms with Crippen LogP contribution in [-0.4, -0.2) is 51.1 Å². The van der Waals surface area contributed by atoms with Crippen LogP contribution in [0.2, 0.25) is 36.3 Å². The number of aliphatic carboxylic acids is 1. The molecular weight excluding hydrogens is 509 g/mol. The number of aliphatic hydroxyl groups excluding tert-OH is 1. The molecule has 0 amide bonds.